The molecule has 0 spiro atoms. The molecular formula is C13H22N2O2. The van der Waals surface area contributed by atoms with E-state index >= 15 is 0 Å². The molecule has 0 aromatic carbocycles. The molecule has 3 atom stereocenters. The molecule has 96 valence electrons. The summed E-state index contributed by atoms with van der Waals surface area (Å²) < 4.78 is 0. The van der Waals surface area contributed by atoms with E-state index in [1.54, 1.807) is 0 Å². The molecule has 3 unspecified atom stereocenters. The monoisotopic (exact) mass is 238 g/mol. The van der Waals surface area contributed by atoms with Gasteiger partial charge >= 0.3 is 0 Å². The maximum absolute atomic E-state index is 12.5. The minimum atomic E-state index is -0.183. The van der Waals surface area contributed by atoms with E-state index in [0.717, 1.165) is 38.8 Å². The van der Waals surface area contributed by atoms with Gasteiger partial charge in [0.25, 0.3) is 0 Å². The van der Waals surface area contributed by atoms with Gasteiger partial charge in [0.05, 0.1) is 6.10 Å². The molecule has 3 rings (SSSR count). The van der Waals surface area contributed by atoms with Crippen LogP contribution in [0.4, 0.5) is 0 Å². The van der Waals surface area contributed by atoms with Gasteiger partial charge in [0.1, 0.15) is 0 Å². The summed E-state index contributed by atoms with van der Waals surface area (Å²) in [6.45, 7) is 4.04. The first-order valence-electron chi connectivity index (χ1n) is 6.87. The van der Waals surface area contributed by atoms with Crippen molar-refractivity contribution in [3.63, 3.8) is 0 Å². The number of carbonyl (C=O) groups excluding carboxylic acids is 1. The lowest BCUT2D eigenvalue weighted by atomic mass is 9.86. The van der Waals surface area contributed by atoms with Gasteiger partial charge in [0, 0.05) is 18.0 Å². The number of rotatable bonds is 2. The van der Waals surface area contributed by atoms with E-state index in [9.17, 15) is 9.90 Å². The van der Waals surface area contributed by atoms with Crippen LogP contribution in [-0.4, -0.2) is 47.2 Å². The summed E-state index contributed by atoms with van der Waals surface area (Å²) in [6, 6.07) is 0.624. The average Bonchev–Trinajstić information content (AvgIpc) is 2.47. The highest BCUT2D eigenvalue weighted by Gasteiger charge is 2.45. The smallest absolute Gasteiger partial charge is 0.226 e. The molecule has 0 aromatic rings. The summed E-state index contributed by atoms with van der Waals surface area (Å²) in [5.41, 5.74) is 0. The summed E-state index contributed by atoms with van der Waals surface area (Å²) in [5.74, 6) is 0.999. The lowest BCUT2D eigenvalue weighted by molar-refractivity contribution is -0.143. The Morgan fingerprint density at radius 3 is 2.35 bits per heavy atom. The van der Waals surface area contributed by atoms with Gasteiger partial charge in [-0.15, -0.1) is 0 Å². The van der Waals surface area contributed by atoms with E-state index in [4.69, 9.17) is 0 Å². The van der Waals surface area contributed by atoms with Gasteiger partial charge in [-0.25, -0.2) is 0 Å². The zero-order valence-electron chi connectivity index (χ0n) is 10.4. The fourth-order valence-electron chi connectivity index (χ4n) is 3.61. The number of carbonyl (C=O) groups is 1. The van der Waals surface area contributed by atoms with Crippen molar-refractivity contribution in [1.29, 1.82) is 0 Å². The molecule has 1 amide bonds. The van der Waals surface area contributed by atoms with Crippen LogP contribution in [0.15, 0.2) is 0 Å². The molecule has 0 aromatic heterocycles. The highest BCUT2D eigenvalue weighted by atomic mass is 16.3. The molecule has 2 N–H and O–H groups in total. The number of fused-ring (bicyclic) bond motifs is 2. The van der Waals surface area contributed by atoms with E-state index in [2.05, 4.69) is 17.1 Å². The Morgan fingerprint density at radius 1 is 1.29 bits per heavy atom. The van der Waals surface area contributed by atoms with Gasteiger partial charge in [-0.05, 0) is 44.7 Å². The molecule has 3 aliphatic heterocycles. The quantitative estimate of drug-likeness (QED) is 0.730. The van der Waals surface area contributed by atoms with Crippen molar-refractivity contribution in [2.24, 2.45) is 11.8 Å². The molecular weight excluding hydrogens is 216 g/mol. The van der Waals surface area contributed by atoms with Crippen LogP contribution in [0.3, 0.4) is 0 Å². The second-order valence-corrected chi connectivity index (χ2v) is 5.96. The van der Waals surface area contributed by atoms with Crippen molar-refractivity contribution in [3.05, 3.63) is 0 Å². The molecule has 0 radical (unpaired) electrons. The Morgan fingerprint density at radius 2 is 1.88 bits per heavy atom. The first-order chi connectivity index (χ1) is 8.16. The van der Waals surface area contributed by atoms with Crippen LogP contribution in [0.1, 0.15) is 32.6 Å². The summed E-state index contributed by atoms with van der Waals surface area (Å²) in [5, 5.41) is 13.0. The second kappa shape index (κ2) is 4.25. The zero-order valence-corrected chi connectivity index (χ0v) is 10.4. The first-order valence-corrected chi connectivity index (χ1v) is 6.87. The molecule has 3 aliphatic rings. The predicted molar refractivity (Wildman–Crippen MR) is 64.4 cm³/mol. The van der Waals surface area contributed by atoms with Crippen molar-refractivity contribution in [2.45, 2.75) is 50.8 Å². The standard InChI is InChI=1S/C13H22N2O2/c1-8(9-6-14-7-9)13(17)15-10-2-3-11(15)5-12(16)4-10/h8-12,14,16H,2-7H2,1H3. The summed E-state index contributed by atoms with van der Waals surface area (Å²) in [6.07, 6.45) is 3.57. The number of nitrogens with one attached hydrogen (secondary N) is 1. The van der Waals surface area contributed by atoms with E-state index < -0.39 is 0 Å². The highest BCUT2D eigenvalue weighted by Crippen LogP contribution is 2.37. The van der Waals surface area contributed by atoms with Gasteiger partial charge in [0.2, 0.25) is 5.91 Å². The van der Waals surface area contributed by atoms with Crippen LogP contribution in [0.5, 0.6) is 0 Å². The molecule has 17 heavy (non-hydrogen) atoms. The molecule has 3 heterocycles. The highest BCUT2D eigenvalue weighted by molar-refractivity contribution is 5.80. The van der Waals surface area contributed by atoms with Crippen LogP contribution in [0.25, 0.3) is 0 Å². The molecule has 4 heteroatoms. The van der Waals surface area contributed by atoms with E-state index in [0.29, 0.717) is 23.9 Å². The van der Waals surface area contributed by atoms with Crippen molar-refractivity contribution in [2.75, 3.05) is 13.1 Å². The molecule has 3 fully saturated rings. The topological polar surface area (TPSA) is 52.6 Å². The van der Waals surface area contributed by atoms with Crippen LogP contribution in [0, 0.1) is 11.8 Å². The second-order valence-electron chi connectivity index (χ2n) is 5.96. The van der Waals surface area contributed by atoms with Crippen LogP contribution in [-0.2, 0) is 4.79 Å². The number of hydrogen-bond donors (Lipinski definition) is 2. The Labute approximate surface area is 102 Å². The minimum Gasteiger partial charge on any atom is -0.393 e. The van der Waals surface area contributed by atoms with Crippen LogP contribution in [0.2, 0.25) is 0 Å². The number of aliphatic hydroxyl groups is 1. The predicted octanol–water partition coefficient (Wildman–Crippen LogP) is 0.356. The van der Waals surface area contributed by atoms with Crippen molar-refractivity contribution < 1.29 is 9.90 Å². The van der Waals surface area contributed by atoms with E-state index in [1.165, 1.54) is 0 Å². The van der Waals surface area contributed by atoms with Crippen molar-refractivity contribution >= 4 is 5.91 Å². The number of hydrogen-bond acceptors (Lipinski definition) is 3. The summed E-state index contributed by atoms with van der Waals surface area (Å²) in [7, 11) is 0. The van der Waals surface area contributed by atoms with Gasteiger partial charge in [-0.3, -0.25) is 4.79 Å². The lowest BCUT2D eigenvalue weighted by Crippen LogP contribution is -2.54. The maximum Gasteiger partial charge on any atom is 0.226 e. The molecule has 2 bridgehead atoms. The SMILES string of the molecule is CC(C(=O)N1C2CCC1CC(O)C2)C1CNC1. The van der Waals surface area contributed by atoms with Crippen molar-refractivity contribution in [3.8, 4) is 0 Å². The van der Waals surface area contributed by atoms with E-state index in [1.807, 2.05) is 0 Å². The molecule has 3 saturated heterocycles. The van der Waals surface area contributed by atoms with E-state index in [-0.39, 0.29) is 12.0 Å². The normalized spacial score (nSPS) is 38.9. The van der Waals surface area contributed by atoms with Crippen LogP contribution < -0.4 is 5.32 Å². The Kier molecular flexibility index (Phi) is 2.87. The largest absolute Gasteiger partial charge is 0.393 e. The zero-order chi connectivity index (χ0) is 12.0. The van der Waals surface area contributed by atoms with Gasteiger partial charge in [-0.2, -0.15) is 0 Å². The lowest BCUT2D eigenvalue weighted by Gasteiger charge is -2.41. The van der Waals surface area contributed by atoms with Gasteiger partial charge in [0.15, 0.2) is 0 Å². The molecule has 4 nitrogen and oxygen atoms in total. The van der Waals surface area contributed by atoms with Crippen LogP contribution >= 0.6 is 0 Å². The van der Waals surface area contributed by atoms with Gasteiger partial charge < -0.3 is 15.3 Å². The Bertz CT molecular complexity index is 303. The number of piperidine rings is 1. The summed E-state index contributed by atoms with van der Waals surface area (Å²) in [4.78, 5) is 14.6. The first kappa shape index (κ1) is 11.5. The molecule has 0 saturated carbocycles. The Hall–Kier alpha value is -0.610. The number of aliphatic hydroxyl groups excluding tert-OH is 1. The molecule has 0 aliphatic carbocycles. The number of amides is 1. The number of nitrogens with zero attached hydrogens (tertiary/aromatic N) is 1. The van der Waals surface area contributed by atoms with Gasteiger partial charge in [-0.1, -0.05) is 6.92 Å². The minimum absolute atomic E-state index is 0.148. The maximum atomic E-state index is 12.5. The fraction of sp³-hybridized carbons (Fsp3) is 0.923. The third-order valence-corrected chi connectivity index (χ3v) is 4.87. The Balaban J connectivity index is 1.69. The fourth-order valence-corrected chi connectivity index (χ4v) is 3.61. The average molecular weight is 238 g/mol. The third-order valence-electron chi connectivity index (χ3n) is 4.87. The third kappa shape index (κ3) is 1.87. The van der Waals surface area contributed by atoms with Crippen molar-refractivity contribution in [1.82, 2.24) is 10.2 Å². The summed E-state index contributed by atoms with van der Waals surface area (Å²) >= 11 is 0.